The molecule has 1 aromatic heterocycles. The van der Waals surface area contributed by atoms with Crippen molar-refractivity contribution in [1.82, 2.24) is 14.8 Å². The number of aromatic nitrogens is 3. The van der Waals surface area contributed by atoms with Crippen molar-refractivity contribution >= 4 is 5.69 Å². The molecule has 1 unspecified atom stereocenters. The molecule has 1 atom stereocenters. The molecule has 0 spiro atoms. The minimum Gasteiger partial charge on any atom is -0.463 e. The second-order valence-electron chi connectivity index (χ2n) is 7.59. The van der Waals surface area contributed by atoms with Gasteiger partial charge in [0.1, 0.15) is 5.82 Å². The zero-order valence-corrected chi connectivity index (χ0v) is 18.1. The van der Waals surface area contributed by atoms with Gasteiger partial charge in [0.2, 0.25) is 0 Å². The van der Waals surface area contributed by atoms with Crippen LogP contribution in [-0.4, -0.2) is 52.3 Å². The van der Waals surface area contributed by atoms with Crippen LogP contribution in [0.5, 0.6) is 6.01 Å². The Kier molecular flexibility index (Phi) is 7.97. The first kappa shape index (κ1) is 22.7. The monoisotopic (exact) mass is 428 g/mol. The molecule has 166 valence electrons. The molecule has 0 aliphatic rings. The van der Waals surface area contributed by atoms with Gasteiger partial charge >= 0.3 is 6.01 Å². The maximum atomic E-state index is 13.7. The Labute approximate surface area is 181 Å². The third-order valence-electron chi connectivity index (χ3n) is 4.36. The first-order valence-corrected chi connectivity index (χ1v) is 10.4. The van der Waals surface area contributed by atoms with Crippen LogP contribution in [0.1, 0.15) is 20.8 Å². The summed E-state index contributed by atoms with van der Waals surface area (Å²) in [5.74, 6) is 0.576. The molecule has 7 nitrogen and oxygen atoms in total. The SMILES string of the molecule is CCOc1nc(-c2cccc(F)c2)n(-c2ccc(NCC(O)COCC(C)C)cc2)n1. The normalized spacial score (nSPS) is 12.2. The van der Waals surface area contributed by atoms with E-state index < -0.39 is 6.10 Å². The second-order valence-corrected chi connectivity index (χ2v) is 7.59. The molecule has 0 radical (unpaired) electrons. The highest BCUT2D eigenvalue weighted by Crippen LogP contribution is 2.25. The van der Waals surface area contributed by atoms with Gasteiger partial charge < -0.3 is 19.9 Å². The Bertz CT molecular complexity index is 960. The Balaban J connectivity index is 1.71. The Morgan fingerprint density at radius 2 is 1.90 bits per heavy atom. The lowest BCUT2D eigenvalue weighted by molar-refractivity contribution is 0.0318. The van der Waals surface area contributed by atoms with E-state index in [1.807, 2.05) is 31.2 Å². The molecule has 31 heavy (non-hydrogen) atoms. The van der Waals surface area contributed by atoms with E-state index in [0.717, 1.165) is 11.4 Å². The van der Waals surface area contributed by atoms with E-state index in [2.05, 4.69) is 29.2 Å². The van der Waals surface area contributed by atoms with Crippen LogP contribution in [0.2, 0.25) is 0 Å². The van der Waals surface area contributed by atoms with Gasteiger partial charge in [-0.05, 0) is 49.2 Å². The lowest BCUT2D eigenvalue weighted by atomic mass is 10.2. The standard InChI is InChI=1S/C23H29FN4O3/c1-4-31-23-26-22(17-6-5-7-18(24)12-17)28(27-23)20-10-8-19(9-11-20)25-13-21(29)15-30-14-16(2)3/h5-12,16,21,25,29H,4,13-15H2,1-3H3. The van der Waals surface area contributed by atoms with E-state index in [-0.39, 0.29) is 11.8 Å². The molecule has 2 aromatic carbocycles. The molecule has 0 amide bonds. The minimum absolute atomic E-state index is 0.230. The van der Waals surface area contributed by atoms with E-state index in [1.165, 1.54) is 12.1 Å². The lowest BCUT2D eigenvalue weighted by Crippen LogP contribution is -2.25. The molecule has 3 aromatic rings. The van der Waals surface area contributed by atoms with Crippen LogP contribution in [0.25, 0.3) is 17.1 Å². The van der Waals surface area contributed by atoms with Crippen LogP contribution in [-0.2, 0) is 4.74 Å². The van der Waals surface area contributed by atoms with Gasteiger partial charge in [0.05, 0.1) is 25.0 Å². The van der Waals surface area contributed by atoms with Gasteiger partial charge in [-0.2, -0.15) is 4.98 Å². The summed E-state index contributed by atoms with van der Waals surface area (Å²) >= 11 is 0. The zero-order chi connectivity index (χ0) is 22.2. The summed E-state index contributed by atoms with van der Waals surface area (Å²) in [6.07, 6.45) is -0.595. The number of benzene rings is 2. The first-order valence-electron chi connectivity index (χ1n) is 10.4. The van der Waals surface area contributed by atoms with E-state index in [4.69, 9.17) is 9.47 Å². The quantitative estimate of drug-likeness (QED) is 0.482. The summed E-state index contributed by atoms with van der Waals surface area (Å²) in [6.45, 7) is 7.71. The van der Waals surface area contributed by atoms with Crippen LogP contribution >= 0.6 is 0 Å². The molecule has 3 rings (SSSR count). The molecular formula is C23H29FN4O3. The number of anilines is 1. The average Bonchev–Trinajstić information content (AvgIpc) is 3.17. The van der Waals surface area contributed by atoms with Crippen molar-refractivity contribution in [3.8, 4) is 23.1 Å². The van der Waals surface area contributed by atoms with Gasteiger partial charge in [0.25, 0.3) is 0 Å². The van der Waals surface area contributed by atoms with Crippen molar-refractivity contribution in [1.29, 1.82) is 0 Å². The summed E-state index contributed by atoms with van der Waals surface area (Å²) in [6, 6.07) is 13.9. The molecule has 0 saturated carbocycles. The number of nitrogens with one attached hydrogen (secondary N) is 1. The lowest BCUT2D eigenvalue weighted by Gasteiger charge is -2.14. The number of ether oxygens (including phenoxy) is 2. The maximum Gasteiger partial charge on any atom is 0.336 e. The predicted octanol–water partition coefficient (Wildman–Crippen LogP) is 3.92. The number of halogens is 1. The third-order valence-corrected chi connectivity index (χ3v) is 4.36. The maximum absolute atomic E-state index is 13.7. The van der Waals surface area contributed by atoms with Gasteiger partial charge in [0.15, 0.2) is 5.82 Å². The number of rotatable bonds is 11. The summed E-state index contributed by atoms with van der Waals surface area (Å²) in [5.41, 5.74) is 2.21. The smallest absolute Gasteiger partial charge is 0.336 e. The highest BCUT2D eigenvalue weighted by atomic mass is 19.1. The van der Waals surface area contributed by atoms with E-state index in [1.54, 1.807) is 16.8 Å². The van der Waals surface area contributed by atoms with Crippen LogP contribution in [0.15, 0.2) is 48.5 Å². The molecule has 0 fully saturated rings. The molecular weight excluding hydrogens is 399 g/mol. The molecule has 0 saturated heterocycles. The average molecular weight is 429 g/mol. The Hall–Kier alpha value is -2.97. The number of hydrogen-bond donors (Lipinski definition) is 2. The van der Waals surface area contributed by atoms with E-state index >= 15 is 0 Å². The van der Waals surface area contributed by atoms with Gasteiger partial charge in [-0.3, -0.25) is 0 Å². The van der Waals surface area contributed by atoms with Gasteiger partial charge in [0, 0.05) is 24.4 Å². The zero-order valence-electron chi connectivity index (χ0n) is 18.1. The minimum atomic E-state index is -0.595. The fraction of sp³-hybridized carbons (Fsp3) is 0.391. The fourth-order valence-corrected chi connectivity index (χ4v) is 2.93. The van der Waals surface area contributed by atoms with Gasteiger partial charge in [-0.1, -0.05) is 26.0 Å². The van der Waals surface area contributed by atoms with Crippen molar-refractivity contribution in [2.75, 3.05) is 31.7 Å². The predicted molar refractivity (Wildman–Crippen MR) is 118 cm³/mol. The summed E-state index contributed by atoms with van der Waals surface area (Å²) in [5, 5.41) is 17.6. The number of nitrogens with zero attached hydrogens (tertiary/aromatic N) is 3. The largest absolute Gasteiger partial charge is 0.463 e. The molecule has 0 aliphatic heterocycles. The van der Waals surface area contributed by atoms with Crippen molar-refractivity contribution in [3.05, 3.63) is 54.3 Å². The van der Waals surface area contributed by atoms with E-state index in [9.17, 15) is 9.50 Å². The Morgan fingerprint density at radius 1 is 1.13 bits per heavy atom. The Morgan fingerprint density at radius 3 is 2.58 bits per heavy atom. The molecule has 2 N–H and O–H groups in total. The van der Waals surface area contributed by atoms with Crippen LogP contribution in [0.4, 0.5) is 10.1 Å². The van der Waals surface area contributed by atoms with Gasteiger partial charge in [-0.25, -0.2) is 9.07 Å². The topological polar surface area (TPSA) is 81.4 Å². The summed E-state index contributed by atoms with van der Waals surface area (Å²) < 4.78 is 26.3. The van der Waals surface area contributed by atoms with Crippen LogP contribution in [0.3, 0.4) is 0 Å². The van der Waals surface area contributed by atoms with Crippen molar-refractivity contribution in [3.63, 3.8) is 0 Å². The van der Waals surface area contributed by atoms with Crippen LogP contribution < -0.4 is 10.1 Å². The third kappa shape index (κ3) is 6.50. The molecule has 0 aliphatic carbocycles. The number of aliphatic hydroxyl groups excluding tert-OH is 1. The first-order chi connectivity index (χ1) is 15.0. The van der Waals surface area contributed by atoms with Crippen molar-refractivity contribution < 1.29 is 19.0 Å². The van der Waals surface area contributed by atoms with E-state index in [0.29, 0.717) is 43.7 Å². The molecule has 8 heteroatoms. The number of hydrogen-bond acceptors (Lipinski definition) is 6. The van der Waals surface area contributed by atoms with Crippen LogP contribution in [0, 0.1) is 11.7 Å². The van der Waals surface area contributed by atoms with Gasteiger partial charge in [-0.15, -0.1) is 5.10 Å². The summed E-state index contributed by atoms with van der Waals surface area (Å²) in [7, 11) is 0. The second kappa shape index (κ2) is 10.9. The molecule has 1 heterocycles. The highest BCUT2D eigenvalue weighted by molar-refractivity contribution is 5.59. The highest BCUT2D eigenvalue weighted by Gasteiger charge is 2.15. The molecule has 0 bridgehead atoms. The van der Waals surface area contributed by atoms with Crippen molar-refractivity contribution in [2.45, 2.75) is 26.9 Å². The number of aliphatic hydroxyl groups is 1. The fourth-order valence-electron chi connectivity index (χ4n) is 2.93. The van der Waals surface area contributed by atoms with Crippen molar-refractivity contribution in [2.24, 2.45) is 5.92 Å². The summed E-state index contributed by atoms with van der Waals surface area (Å²) in [4.78, 5) is 4.41.